The van der Waals surface area contributed by atoms with Crippen LogP contribution in [0.1, 0.15) is 12.0 Å². The largest absolute Gasteiger partial charge is 0.481 e. The molecule has 20 heavy (non-hydrogen) atoms. The number of amides is 1. The van der Waals surface area contributed by atoms with Crippen LogP contribution in [0.5, 0.6) is 0 Å². The van der Waals surface area contributed by atoms with Crippen LogP contribution in [0.2, 0.25) is 0 Å². The van der Waals surface area contributed by atoms with Crippen LogP contribution in [0.25, 0.3) is 0 Å². The number of benzene rings is 1. The molecule has 8 heteroatoms. The highest BCUT2D eigenvalue weighted by molar-refractivity contribution is 7.89. The Morgan fingerprint density at radius 2 is 1.85 bits per heavy atom. The van der Waals surface area contributed by atoms with Gasteiger partial charge >= 0.3 is 5.97 Å². The Labute approximate surface area is 115 Å². The molecule has 1 aromatic carbocycles. The second-order valence-corrected chi connectivity index (χ2v) is 6.26. The first-order valence-electron chi connectivity index (χ1n) is 5.91. The molecule has 1 aliphatic carbocycles. The predicted molar refractivity (Wildman–Crippen MR) is 68.9 cm³/mol. The molecule has 0 unspecified atom stereocenters. The number of carbonyl (C=O) groups is 2. The summed E-state index contributed by atoms with van der Waals surface area (Å²) in [5, 5.41) is 16.3. The van der Waals surface area contributed by atoms with Gasteiger partial charge in [0.15, 0.2) is 0 Å². The van der Waals surface area contributed by atoms with Crippen molar-refractivity contribution in [2.45, 2.75) is 17.9 Å². The summed E-state index contributed by atoms with van der Waals surface area (Å²) < 4.78 is 22.1. The molecule has 0 spiro atoms. The number of sulfonamides is 1. The van der Waals surface area contributed by atoms with Gasteiger partial charge in [0, 0.05) is 6.54 Å². The maximum atomic E-state index is 11.6. The number of rotatable bonds is 5. The molecule has 7 nitrogen and oxygen atoms in total. The summed E-state index contributed by atoms with van der Waals surface area (Å²) in [6, 6.07) is 5.80. The lowest BCUT2D eigenvalue weighted by atomic mass is 10.2. The van der Waals surface area contributed by atoms with Crippen LogP contribution >= 0.6 is 0 Å². The molecule has 0 saturated heterocycles. The fraction of sp³-hybridized carbons (Fsp3) is 0.333. The molecular formula is C12H14N2O5S. The summed E-state index contributed by atoms with van der Waals surface area (Å²) in [7, 11) is -3.72. The molecule has 1 fully saturated rings. The maximum Gasteiger partial charge on any atom is 0.307 e. The van der Waals surface area contributed by atoms with Crippen LogP contribution in [-0.2, 0) is 26.2 Å². The normalized spacial score (nSPS) is 21.2. The molecule has 1 amide bonds. The van der Waals surface area contributed by atoms with Crippen molar-refractivity contribution in [2.75, 3.05) is 0 Å². The Balaban J connectivity index is 1.89. The quantitative estimate of drug-likeness (QED) is 0.686. The van der Waals surface area contributed by atoms with E-state index >= 15 is 0 Å². The third kappa shape index (κ3) is 3.34. The van der Waals surface area contributed by atoms with Gasteiger partial charge in [-0.05, 0) is 24.1 Å². The zero-order valence-corrected chi connectivity index (χ0v) is 11.3. The van der Waals surface area contributed by atoms with Crippen molar-refractivity contribution in [3.05, 3.63) is 29.8 Å². The number of carboxylic acids is 1. The van der Waals surface area contributed by atoms with Crippen LogP contribution < -0.4 is 10.5 Å². The van der Waals surface area contributed by atoms with Crippen LogP contribution in [0.3, 0.4) is 0 Å². The molecule has 1 aliphatic rings. The summed E-state index contributed by atoms with van der Waals surface area (Å²) in [5.74, 6) is -2.30. The van der Waals surface area contributed by atoms with Gasteiger partial charge in [-0.15, -0.1) is 0 Å². The van der Waals surface area contributed by atoms with E-state index < -0.39 is 27.8 Å². The third-order valence-corrected chi connectivity index (χ3v) is 4.09. The zero-order valence-electron chi connectivity index (χ0n) is 10.4. The molecule has 108 valence electrons. The number of nitrogens with one attached hydrogen (secondary N) is 1. The highest BCUT2D eigenvalue weighted by Gasteiger charge is 2.48. The summed E-state index contributed by atoms with van der Waals surface area (Å²) in [6.45, 7) is 0.215. The predicted octanol–water partition coefficient (Wildman–Crippen LogP) is -0.329. The van der Waals surface area contributed by atoms with Crippen LogP contribution in [0.4, 0.5) is 0 Å². The van der Waals surface area contributed by atoms with Crippen molar-refractivity contribution < 1.29 is 23.1 Å². The number of hydrogen-bond donors (Lipinski definition) is 3. The van der Waals surface area contributed by atoms with E-state index in [0.717, 1.165) is 0 Å². The molecule has 2 atom stereocenters. The minimum absolute atomic E-state index is 0.000658. The van der Waals surface area contributed by atoms with E-state index in [2.05, 4.69) is 5.32 Å². The highest BCUT2D eigenvalue weighted by Crippen LogP contribution is 2.38. The Bertz CT molecular complexity index is 638. The second-order valence-electron chi connectivity index (χ2n) is 4.69. The van der Waals surface area contributed by atoms with Gasteiger partial charge in [0.1, 0.15) is 0 Å². The third-order valence-electron chi connectivity index (χ3n) is 3.16. The molecule has 1 aromatic rings. The van der Waals surface area contributed by atoms with Gasteiger partial charge in [-0.2, -0.15) is 0 Å². The van der Waals surface area contributed by atoms with E-state index in [4.69, 9.17) is 10.2 Å². The van der Waals surface area contributed by atoms with E-state index in [0.29, 0.717) is 12.0 Å². The summed E-state index contributed by atoms with van der Waals surface area (Å²) >= 11 is 0. The molecule has 2 rings (SSSR count). The van der Waals surface area contributed by atoms with Crippen LogP contribution in [0, 0.1) is 11.8 Å². The standard InChI is InChI=1S/C12H14N2O5S/c13-20(18,19)8-3-1-7(2-4-8)6-14-11(15)9-5-10(9)12(16)17/h1-4,9-10H,5-6H2,(H,14,15)(H,16,17)(H2,13,18,19)/t9-,10+/m0/s1. The molecular weight excluding hydrogens is 284 g/mol. The van der Waals surface area contributed by atoms with Crippen molar-refractivity contribution in [1.82, 2.24) is 5.32 Å². The van der Waals surface area contributed by atoms with E-state index in [1.54, 1.807) is 12.1 Å². The molecule has 0 aliphatic heterocycles. The van der Waals surface area contributed by atoms with Gasteiger partial charge in [0.2, 0.25) is 15.9 Å². The Hall–Kier alpha value is -1.93. The van der Waals surface area contributed by atoms with Gasteiger partial charge in [-0.1, -0.05) is 12.1 Å². The Morgan fingerprint density at radius 3 is 2.30 bits per heavy atom. The minimum atomic E-state index is -3.72. The lowest BCUT2D eigenvalue weighted by Gasteiger charge is -2.05. The number of primary sulfonamides is 1. The molecule has 0 bridgehead atoms. The monoisotopic (exact) mass is 298 g/mol. The van der Waals surface area contributed by atoms with Gasteiger partial charge in [-0.3, -0.25) is 9.59 Å². The van der Waals surface area contributed by atoms with Gasteiger partial charge in [-0.25, -0.2) is 13.6 Å². The zero-order chi connectivity index (χ0) is 14.9. The van der Waals surface area contributed by atoms with E-state index in [9.17, 15) is 18.0 Å². The number of nitrogens with two attached hydrogens (primary N) is 1. The lowest BCUT2D eigenvalue weighted by Crippen LogP contribution is -2.25. The summed E-state index contributed by atoms with van der Waals surface area (Å²) in [6.07, 6.45) is 0.367. The van der Waals surface area contributed by atoms with Crippen molar-refractivity contribution in [3.63, 3.8) is 0 Å². The SMILES string of the molecule is NS(=O)(=O)c1ccc(CNC(=O)[C@H]2C[C@H]2C(=O)O)cc1. The average molecular weight is 298 g/mol. The highest BCUT2D eigenvalue weighted by atomic mass is 32.2. The number of carboxylic acid groups (broad SMARTS) is 1. The summed E-state index contributed by atoms with van der Waals surface area (Å²) in [5.41, 5.74) is 0.707. The van der Waals surface area contributed by atoms with Crippen molar-refractivity contribution in [1.29, 1.82) is 0 Å². The fourth-order valence-corrected chi connectivity index (χ4v) is 2.39. The van der Waals surface area contributed by atoms with Crippen molar-refractivity contribution in [2.24, 2.45) is 17.0 Å². The fourth-order valence-electron chi connectivity index (χ4n) is 1.87. The van der Waals surface area contributed by atoms with Gasteiger partial charge < -0.3 is 10.4 Å². The number of aliphatic carboxylic acids is 1. The van der Waals surface area contributed by atoms with Crippen molar-refractivity contribution in [3.8, 4) is 0 Å². The van der Waals surface area contributed by atoms with E-state index in [-0.39, 0.29) is 17.3 Å². The molecule has 0 aromatic heterocycles. The number of hydrogen-bond acceptors (Lipinski definition) is 4. The Morgan fingerprint density at radius 1 is 1.25 bits per heavy atom. The summed E-state index contributed by atoms with van der Waals surface area (Å²) in [4.78, 5) is 22.3. The Kier molecular flexibility index (Phi) is 3.78. The van der Waals surface area contributed by atoms with E-state index in [1.807, 2.05) is 0 Å². The molecule has 4 N–H and O–H groups in total. The van der Waals surface area contributed by atoms with Gasteiger partial charge in [0.25, 0.3) is 0 Å². The first-order chi connectivity index (χ1) is 9.29. The molecule has 0 heterocycles. The second kappa shape index (κ2) is 5.22. The first-order valence-corrected chi connectivity index (χ1v) is 7.46. The minimum Gasteiger partial charge on any atom is -0.481 e. The lowest BCUT2D eigenvalue weighted by molar-refractivity contribution is -0.140. The molecule has 1 saturated carbocycles. The number of carbonyl (C=O) groups excluding carboxylic acids is 1. The average Bonchev–Trinajstić information content (AvgIpc) is 3.15. The smallest absolute Gasteiger partial charge is 0.307 e. The molecule has 0 radical (unpaired) electrons. The van der Waals surface area contributed by atoms with Crippen LogP contribution in [0.15, 0.2) is 29.2 Å². The van der Waals surface area contributed by atoms with Crippen molar-refractivity contribution >= 4 is 21.9 Å². The maximum absolute atomic E-state index is 11.6. The van der Waals surface area contributed by atoms with Crippen LogP contribution in [-0.4, -0.2) is 25.4 Å². The first kappa shape index (κ1) is 14.5. The topological polar surface area (TPSA) is 127 Å². The van der Waals surface area contributed by atoms with E-state index in [1.165, 1.54) is 12.1 Å². The van der Waals surface area contributed by atoms with Gasteiger partial charge in [0.05, 0.1) is 16.7 Å².